The van der Waals surface area contributed by atoms with E-state index in [1.807, 2.05) is 30.3 Å². The number of H-pyrrole nitrogens is 1. The molecule has 0 bridgehead atoms. The number of fused-ring (bicyclic) bond motifs is 1. The second-order valence-electron chi connectivity index (χ2n) is 5.64. The molecule has 3 rings (SSSR count). The number of carbonyl (C=O) groups is 1. The zero-order valence-corrected chi connectivity index (χ0v) is 13.4. The van der Waals surface area contributed by atoms with Crippen LogP contribution in [0.3, 0.4) is 0 Å². The number of para-hydroxylation sites is 2. The van der Waals surface area contributed by atoms with Gasteiger partial charge < -0.3 is 9.88 Å². The fraction of sp³-hybridized carbons (Fsp3) is 0.222. The standard InChI is InChI=1S/C18H18N4O2/c1-22(12-13-8-10-19-11-9-13)17(23)7-6-16-18(24)21-15-5-3-2-4-14(15)20-16/h2-5,8-11H,6-7,12H2,1H3,(H,21,24). The fourth-order valence-corrected chi connectivity index (χ4v) is 2.50. The molecular weight excluding hydrogens is 304 g/mol. The number of aromatic amines is 1. The SMILES string of the molecule is CN(Cc1ccncc1)C(=O)CCc1nc2ccccc2[nH]c1=O. The summed E-state index contributed by atoms with van der Waals surface area (Å²) in [6, 6.07) is 11.1. The van der Waals surface area contributed by atoms with Gasteiger partial charge in [0.15, 0.2) is 0 Å². The first-order valence-corrected chi connectivity index (χ1v) is 7.74. The van der Waals surface area contributed by atoms with Crippen LogP contribution in [0, 0.1) is 0 Å². The molecule has 1 amide bonds. The van der Waals surface area contributed by atoms with E-state index < -0.39 is 0 Å². The molecule has 6 nitrogen and oxygen atoms in total. The molecule has 6 heteroatoms. The van der Waals surface area contributed by atoms with Gasteiger partial charge in [-0.1, -0.05) is 12.1 Å². The first kappa shape index (κ1) is 15.9. The van der Waals surface area contributed by atoms with Crippen molar-refractivity contribution in [2.75, 3.05) is 7.05 Å². The number of benzene rings is 1. The van der Waals surface area contributed by atoms with Crippen molar-refractivity contribution in [1.82, 2.24) is 19.9 Å². The largest absolute Gasteiger partial charge is 0.341 e. The average Bonchev–Trinajstić information content (AvgIpc) is 2.60. The minimum atomic E-state index is -0.238. The molecule has 0 fully saturated rings. The Balaban J connectivity index is 1.65. The number of hydrogen-bond donors (Lipinski definition) is 1. The lowest BCUT2D eigenvalue weighted by Crippen LogP contribution is -2.27. The van der Waals surface area contributed by atoms with Crippen LogP contribution in [-0.4, -0.2) is 32.8 Å². The summed E-state index contributed by atoms with van der Waals surface area (Å²) in [6.45, 7) is 0.517. The summed E-state index contributed by atoms with van der Waals surface area (Å²) in [5.41, 5.74) is 2.59. The predicted octanol–water partition coefficient (Wildman–Crippen LogP) is 1.91. The summed E-state index contributed by atoms with van der Waals surface area (Å²) < 4.78 is 0. The van der Waals surface area contributed by atoms with Gasteiger partial charge in [-0.25, -0.2) is 4.98 Å². The summed E-state index contributed by atoms with van der Waals surface area (Å²) in [5, 5.41) is 0. The lowest BCUT2D eigenvalue weighted by atomic mass is 10.2. The Labute approximate surface area is 139 Å². The van der Waals surface area contributed by atoms with Crippen molar-refractivity contribution in [2.45, 2.75) is 19.4 Å². The normalized spacial score (nSPS) is 10.7. The van der Waals surface area contributed by atoms with Gasteiger partial charge >= 0.3 is 0 Å². The van der Waals surface area contributed by atoms with Crippen molar-refractivity contribution in [3.05, 3.63) is 70.4 Å². The molecule has 0 spiro atoms. The lowest BCUT2D eigenvalue weighted by molar-refractivity contribution is -0.130. The van der Waals surface area contributed by atoms with E-state index in [2.05, 4.69) is 15.0 Å². The van der Waals surface area contributed by atoms with Gasteiger partial charge in [-0.2, -0.15) is 0 Å². The quantitative estimate of drug-likeness (QED) is 0.778. The third-order valence-electron chi connectivity index (χ3n) is 3.84. The molecule has 0 atom stereocenters. The molecule has 0 aliphatic heterocycles. The van der Waals surface area contributed by atoms with Gasteiger partial charge in [-0.3, -0.25) is 14.6 Å². The van der Waals surface area contributed by atoms with Crippen LogP contribution in [0.25, 0.3) is 11.0 Å². The zero-order chi connectivity index (χ0) is 16.9. The molecule has 2 aromatic heterocycles. The number of carbonyl (C=O) groups excluding carboxylic acids is 1. The lowest BCUT2D eigenvalue weighted by Gasteiger charge is -2.17. The van der Waals surface area contributed by atoms with Crippen molar-refractivity contribution in [3.63, 3.8) is 0 Å². The molecule has 3 aromatic rings. The minimum absolute atomic E-state index is 0.0267. The highest BCUT2D eigenvalue weighted by molar-refractivity contribution is 5.76. The average molecular weight is 322 g/mol. The number of aromatic nitrogens is 3. The van der Waals surface area contributed by atoms with E-state index in [1.54, 1.807) is 30.4 Å². The smallest absolute Gasteiger partial charge is 0.270 e. The summed E-state index contributed by atoms with van der Waals surface area (Å²) in [5.74, 6) is -0.0267. The van der Waals surface area contributed by atoms with Crippen molar-refractivity contribution < 1.29 is 4.79 Å². The summed E-state index contributed by atoms with van der Waals surface area (Å²) in [4.78, 5) is 37.1. The number of nitrogens with zero attached hydrogens (tertiary/aromatic N) is 3. The topological polar surface area (TPSA) is 79.0 Å². The minimum Gasteiger partial charge on any atom is -0.341 e. The van der Waals surface area contributed by atoms with Crippen molar-refractivity contribution in [1.29, 1.82) is 0 Å². The number of hydrogen-bond acceptors (Lipinski definition) is 4. The maximum Gasteiger partial charge on any atom is 0.270 e. The Hall–Kier alpha value is -3.02. The van der Waals surface area contributed by atoms with E-state index in [0.717, 1.165) is 11.1 Å². The molecule has 24 heavy (non-hydrogen) atoms. The maximum absolute atomic E-state index is 12.3. The monoisotopic (exact) mass is 322 g/mol. The molecule has 1 N–H and O–H groups in total. The van der Waals surface area contributed by atoms with E-state index in [4.69, 9.17) is 0 Å². The first-order chi connectivity index (χ1) is 11.6. The highest BCUT2D eigenvalue weighted by atomic mass is 16.2. The molecule has 0 unspecified atom stereocenters. The van der Waals surface area contributed by atoms with Crippen LogP contribution >= 0.6 is 0 Å². The van der Waals surface area contributed by atoms with Crippen LogP contribution in [0.15, 0.2) is 53.6 Å². The highest BCUT2D eigenvalue weighted by Crippen LogP contribution is 2.08. The molecular formula is C18H18N4O2. The Morgan fingerprint density at radius 3 is 2.71 bits per heavy atom. The number of pyridine rings is 1. The second kappa shape index (κ2) is 7.04. The van der Waals surface area contributed by atoms with Gasteiger partial charge in [-0.05, 0) is 29.8 Å². The van der Waals surface area contributed by atoms with E-state index >= 15 is 0 Å². The van der Waals surface area contributed by atoms with Crippen LogP contribution in [-0.2, 0) is 17.8 Å². The third kappa shape index (κ3) is 3.65. The number of aryl methyl sites for hydroxylation is 1. The molecule has 0 saturated heterocycles. The van der Waals surface area contributed by atoms with E-state index in [9.17, 15) is 9.59 Å². The van der Waals surface area contributed by atoms with Crippen molar-refractivity contribution in [2.24, 2.45) is 0 Å². The summed E-state index contributed by atoms with van der Waals surface area (Å²) in [7, 11) is 1.75. The van der Waals surface area contributed by atoms with Gasteiger partial charge in [0, 0.05) is 38.8 Å². The molecule has 2 heterocycles. The Morgan fingerprint density at radius 2 is 1.92 bits per heavy atom. The molecule has 122 valence electrons. The molecule has 0 saturated carbocycles. The molecule has 0 radical (unpaired) electrons. The van der Waals surface area contributed by atoms with E-state index in [-0.39, 0.29) is 17.9 Å². The van der Waals surface area contributed by atoms with E-state index in [1.165, 1.54) is 0 Å². The van der Waals surface area contributed by atoms with Gasteiger partial charge in [0.25, 0.3) is 5.56 Å². The number of rotatable bonds is 5. The van der Waals surface area contributed by atoms with Crippen LogP contribution in [0.4, 0.5) is 0 Å². The van der Waals surface area contributed by atoms with Crippen LogP contribution in [0.5, 0.6) is 0 Å². The maximum atomic E-state index is 12.3. The summed E-state index contributed by atoms with van der Waals surface area (Å²) >= 11 is 0. The van der Waals surface area contributed by atoms with Crippen LogP contribution < -0.4 is 5.56 Å². The van der Waals surface area contributed by atoms with Crippen molar-refractivity contribution in [3.8, 4) is 0 Å². The van der Waals surface area contributed by atoms with Gasteiger partial charge in [0.2, 0.25) is 5.91 Å². The first-order valence-electron chi connectivity index (χ1n) is 7.74. The third-order valence-corrected chi connectivity index (χ3v) is 3.84. The summed E-state index contributed by atoms with van der Waals surface area (Å²) in [6.07, 6.45) is 3.97. The number of amides is 1. The highest BCUT2D eigenvalue weighted by Gasteiger charge is 2.12. The number of nitrogens with one attached hydrogen (secondary N) is 1. The van der Waals surface area contributed by atoms with Crippen molar-refractivity contribution >= 4 is 16.9 Å². The Kier molecular flexibility index (Phi) is 4.65. The predicted molar refractivity (Wildman–Crippen MR) is 91.4 cm³/mol. The van der Waals surface area contributed by atoms with Gasteiger partial charge in [0.05, 0.1) is 11.0 Å². The fourth-order valence-electron chi connectivity index (χ4n) is 2.50. The Morgan fingerprint density at radius 1 is 1.17 bits per heavy atom. The van der Waals surface area contributed by atoms with E-state index in [0.29, 0.717) is 24.2 Å². The van der Waals surface area contributed by atoms with Crippen LogP contribution in [0.1, 0.15) is 17.7 Å². The second-order valence-corrected chi connectivity index (χ2v) is 5.64. The van der Waals surface area contributed by atoms with Crippen LogP contribution in [0.2, 0.25) is 0 Å². The Bertz CT molecular complexity index is 906. The molecule has 1 aromatic carbocycles. The zero-order valence-electron chi connectivity index (χ0n) is 13.4. The molecule has 0 aliphatic rings. The van der Waals surface area contributed by atoms with Gasteiger partial charge in [-0.15, -0.1) is 0 Å². The molecule has 0 aliphatic carbocycles. The van der Waals surface area contributed by atoms with Gasteiger partial charge in [0.1, 0.15) is 5.69 Å².